The standard InChI is InChI=1S/C29H36FN7O4/c1-20(2)16-25-29(40)32-11-13-36(27(38)8-5-21-4-3-10-31-18-21)12-9-23-19-37(35-34-23)14-15-41-26-7-6-22(30)17-24(26)28(39)33-25/h3-4,6-7,10,17-20,25H,5,8-9,11-16H2,1-2H3,(H,32,40)(H,33,39)/t25-/m1/s1. The molecule has 0 radical (unpaired) electrons. The summed E-state index contributed by atoms with van der Waals surface area (Å²) in [5, 5.41) is 14.0. The third-order valence-corrected chi connectivity index (χ3v) is 6.70. The maximum atomic E-state index is 14.1. The van der Waals surface area contributed by atoms with Crippen LogP contribution in [0.4, 0.5) is 4.39 Å². The van der Waals surface area contributed by atoms with E-state index in [0.29, 0.717) is 44.5 Å². The summed E-state index contributed by atoms with van der Waals surface area (Å²) in [7, 11) is 0. The number of hydrogen-bond donors (Lipinski definition) is 2. The Morgan fingerprint density at radius 1 is 1.20 bits per heavy atom. The molecule has 1 aromatic carbocycles. The van der Waals surface area contributed by atoms with Gasteiger partial charge in [0.15, 0.2) is 0 Å². The second kappa shape index (κ2) is 14.3. The fourth-order valence-corrected chi connectivity index (χ4v) is 4.56. The van der Waals surface area contributed by atoms with Gasteiger partial charge in [-0.2, -0.15) is 0 Å². The lowest BCUT2D eigenvalue weighted by atomic mass is 10.0. The first-order valence-electron chi connectivity index (χ1n) is 13.8. The Balaban J connectivity index is 1.52. The van der Waals surface area contributed by atoms with Crippen molar-refractivity contribution in [3.05, 3.63) is 71.6 Å². The lowest BCUT2D eigenvalue weighted by Crippen LogP contribution is -2.49. The lowest BCUT2D eigenvalue weighted by Gasteiger charge is -2.24. The van der Waals surface area contributed by atoms with Crippen LogP contribution in [0, 0.1) is 11.7 Å². The van der Waals surface area contributed by atoms with Crippen molar-refractivity contribution in [2.75, 3.05) is 26.2 Å². The minimum Gasteiger partial charge on any atom is -0.491 e. The van der Waals surface area contributed by atoms with Crippen LogP contribution in [0.5, 0.6) is 5.75 Å². The number of halogens is 1. The first-order valence-corrected chi connectivity index (χ1v) is 13.8. The molecule has 11 nitrogen and oxygen atoms in total. The van der Waals surface area contributed by atoms with Crippen LogP contribution in [-0.4, -0.2) is 74.9 Å². The molecule has 2 bridgehead atoms. The fraction of sp³-hybridized carbons (Fsp3) is 0.448. The zero-order valence-corrected chi connectivity index (χ0v) is 23.4. The summed E-state index contributed by atoms with van der Waals surface area (Å²) >= 11 is 0. The Morgan fingerprint density at radius 2 is 2.05 bits per heavy atom. The molecule has 2 aromatic heterocycles. The van der Waals surface area contributed by atoms with Crippen molar-refractivity contribution in [2.45, 2.75) is 52.1 Å². The monoisotopic (exact) mass is 565 g/mol. The minimum absolute atomic E-state index is 0.00246. The Labute approximate surface area is 238 Å². The fourth-order valence-electron chi connectivity index (χ4n) is 4.56. The van der Waals surface area contributed by atoms with Gasteiger partial charge in [-0.25, -0.2) is 9.07 Å². The van der Waals surface area contributed by atoms with Crippen molar-refractivity contribution in [1.29, 1.82) is 0 Å². The topological polar surface area (TPSA) is 131 Å². The number of carbonyl (C=O) groups excluding carboxylic acids is 3. The molecule has 218 valence electrons. The number of benzene rings is 1. The van der Waals surface area contributed by atoms with Crippen molar-refractivity contribution < 1.29 is 23.5 Å². The summed E-state index contributed by atoms with van der Waals surface area (Å²) in [4.78, 5) is 45.4. The predicted molar refractivity (Wildman–Crippen MR) is 148 cm³/mol. The van der Waals surface area contributed by atoms with Crippen LogP contribution in [0.3, 0.4) is 0 Å². The van der Waals surface area contributed by atoms with Crippen LogP contribution in [0.1, 0.15) is 48.3 Å². The predicted octanol–water partition coefficient (Wildman–Crippen LogP) is 2.17. The normalized spacial score (nSPS) is 17.1. The SMILES string of the molecule is CC(C)C[C@H]1NC(=O)c2cc(F)ccc2OCCn2cc(nn2)CCN(C(=O)CCc2cccnc2)CCNC1=O. The molecule has 0 aliphatic carbocycles. The molecule has 12 heteroatoms. The quantitative estimate of drug-likeness (QED) is 0.485. The van der Waals surface area contributed by atoms with Crippen LogP contribution >= 0.6 is 0 Å². The van der Waals surface area contributed by atoms with E-state index in [1.165, 1.54) is 12.1 Å². The number of aromatic nitrogens is 4. The van der Waals surface area contributed by atoms with Crippen molar-refractivity contribution in [3.63, 3.8) is 0 Å². The van der Waals surface area contributed by atoms with Gasteiger partial charge in [-0.15, -0.1) is 5.10 Å². The number of amides is 3. The third-order valence-electron chi connectivity index (χ3n) is 6.70. The molecule has 0 saturated heterocycles. The van der Waals surface area contributed by atoms with Gasteiger partial charge in [-0.05, 0) is 48.6 Å². The van der Waals surface area contributed by atoms with Gasteiger partial charge >= 0.3 is 0 Å². The number of fused-ring (bicyclic) bond motifs is 3. The summed E-state index contributed by atoms with van der Waals surface area (Å²) in [6, 6.07) is 6.62. The maximum Gasteiger partial charge on any atom is 0.255 e. The molecular formula is C29H36FN7O4. The van der Waals surface area contributed by atoms with Crippen LogP contribution in [-0.2, 0) is 29.0 Å². The smallest absolute Gasteiger partial charge is 0.255 e. The number of ether oxygens (including phenoxy) is 1. The molecule has 1 aliphatic rings. The highest BCUT2D eigenvalue weighted by Crippen LogP contribution is 2.21. The molecule has 41 heavy (non-hydrogen) atoms. The van der Waals surface area contributed by atoms with E-state index < -0.39 is 17.8 Å². The maximum absolute atomic E-state index is 14.1. The number of rotatable bonds is 5. The molecular weight excluding hydrogens is 529 g/mol. The Bertz CT molecular complexity index is 1330. The van der Waals surface area contributed by atoms with Gasteiger partial charge in [0.1, 0.15) is 24.2 Å². The molecule has 0 fully saturated rings. The average Bonchev–Trinajstić information content (AvgIpc) is 3.41. The highest BCUT2D eigenvalue weighted by atomic mass is 19.1. The third kappa shape index (κ3) is 8.82. The summed E-state index contributed by atoms with van der Waals surface area (Å²) in [6.07, 6.45) is 6.92. The number of hydrogen-bond acceptors (Lipinski definition) is 7. The van der Waals surface area contributed by atoms with Gasteiger partial charge in [-0.1, -0.05) is 25.1 Å². The van der Waals surface area contributed by atoms with E-state index in [4.69, 9.17) is 4.74 Å². The van der Waals surface area contributed by atoms with E-state index in [1.807, 2.05) is 26.0 Å². The van der Waals surface area contributed by atoms with Crippen LogP contribution in [0.15, 0.2) is 48.9 Å². The van der Waals surface area contributed by atoms with E-state index >= 15 is 0 Å². The average molecular weight is 566 g/mol. The lowest BCUT2D eigenvalue weighted by molar-refractivity contribution is -0.131. The van der Waals surface area contributed by atoms with E-state index in [2.05, 4.69) is 25.9 Å². The zero-order chi connectivity index (χ0) is 29.2. The summed E-state index contributed by atoms with van der Waals surface area (Å²) < 4.78 is 21.5. The Kier molecular flexibility index (Phi) is 10.4. The summed E-state index contributed by atoms with van der Waals surface area (Å²) in [6.45, 7) is 5.28. The molecule has 3 aromatic rings. The number of nitrogens with one attached hydrogen (secondary N) is 2. The van der Waals surface area contributed by atoms with E-state index in [1.54, 1.807) is 28.2 Å². The van der Waals surface area contributed by atoms with Gasteiger partial charge in [0.25, 0.3) is 5.91 Å². The molecule has 0 spiro atoms. The van der Waals surface area contributed by atoms with Gasteiger partial charge in [0, 0.05) is 51.1 Å². The first-order chi connectivity index (χ1) is 19.8. The second-order valence-electron chi connectivity index (χ2n) is 10.4. The zero-order valence-electron chi connectivity index (χ0n) is 23.4. The molecule has 1 aliphatic heterocycles. The molecule has 3 heterocycles. The molecule has 0 saturated carbocycles. The highest BCUT2D eigenvalue weighted by Gasteiger charge is 2.25. The minimum atomic E-state index is -0.850. The van der Waals surface area contributed by atoms with Crippen molar-refractivity contribution >= 4 is 17.7 Å². The molecule has 0 unspecified atom stereocenters. The number of nitrogens with zero attached hydrogens (tertiary/aromatic N) is 5. The highest BCUT2D eigenvalue weighted by molar-refractivity contribution is 5.99. The van der Waals surface area contributed by atoms with Crippen LogP contribution in [0.25, 0.3) is 0 Å². The number of pyridine rings is 1. The van der Waals surface area contributed by atoms with Gasteiger partial charge in [0.05, 0.1) is 17.8 Å². The Morgan fingerprint density at radius 3 is 2.83 bits per heavy atom. The summed E-state index contributed by atoms with van der Waals surface area (Å²) in [5.74, 6) is -1.33. The van der Waals surface area contributed by atoms with Gasteiger partial charge < -0.3 is 20.3 Å². The van der Waals surface area contributed by atoms with Gasteiger partial charge in [0.2, 0.25) is 11.8 Å². The van der Waals surface area contributed by atoms with Crippen molar-refractivity contribution in [2.24, 2.45) is 5.92 Å². The molecule has 1 atom stereocenters. The number of carbonyl (C=O) groups is 3. The van der Waals surface area contributed by atoms with E-state index in [-0.39, 0.29) is 48.7 Å². The van der Waals surface area contributed by atoms with Crippen LogP contribution < -0.4 is 15.4 Å². The molecule has 2 N–H and O–H groups in total. The molecule has 4 rings (SSSR count). The second-order valence-corrected chi connectivity index (χ2v) is 10.4. The molecule has 3 amide bonds. The summed E-state index contributed by atoms with van der Waals surface area (Å²) in [5.41, 5.74) is 1.67. The van der Waals surface area contributed by atoms with Crippen LogP contribution in [0.2, 0.25) is 0 Å². The number of aryl methyl sites for hydroxylation is 1. The van der Waals surface area contributed by atoms with Crippen molar-refractivity contribution in [1.82, 2.24) is 35.5 Å². The van der Waals surface area contributed by atoms with Gasteiger partial charge in [-0.3, -0.25) is 19.4 Å². The Hall–Kier alpha value is -4.35. The van der Waals surface area contributed by atoms with E-state index in [0.717, 1.165) is 11.6 Å². The first kappa shape index (κ1) is 29.6. The van der Waals surface area contributed by atoms with E-state index in [9.17, 15) is 18.8 Å². The largest absolute Gasteiger partial charge is 0.491 e. The van der Waals surface area contributed by atoms with Crippen molar-refractivity contribution in [3.8, 4) is 5.75 Å².